The van der Waals surface area contributed by atoms with Gasteiger partial charge in [0.2, 0.25) is 0 Å². The number of hydrogen-bond donors (Lipinski definition) is 1. The van der Waals surface area contributed by atoms with Crippen LogP contribution in [0.3, 0.4) is 0 Å². The summed E-state index contributed by atoms with van der Waals surface area (Å²) in [7, 11) is 0. The Morgan fingerprint density at radius 3 is 2.29 bits per heavy atom. The number of rotatable bonds is 0. The van der Waals surface area contributed by atoms with E-state index in [9.17, 15) is 4.79 Å². The molecule has 1 aliphatic rings. The summed E-state index contributed by atoms with van der Waals surface area (Å²) in [6, 6.07) is 0. The Hall–Kier alpha value is -1.05. The summed E-state index contributed by atoms with van der Waals surface area (Å²) < 4.78 is 0. The first-order valence-electron chi connectivity index (χ1n) is 1.91. The monoisotopic (exact) mass is 96.0 g/mol. The van der Waals surface area contributed by atoms with Crippen LogP contribution in [0.4, 0.5) is 0 Å². The minimum absolute atomic E-state index is 0.0949. The smallest absolute Gasteiger partial charge is 0.188 e. The normalized spacial score (nSPS) is 22.9. The maximum Gasteiger partial charge on any atom is 0.188 e. The van der Waals surface area contributed by atoms with E-state index >= 15 is 0 Å². The quantitative estimate of drug-likeness (QED) is 0.353. The highest BCUT2D eigenvalue weighted by atomic mass is 16.2. The lowest BCUT2D eigenvalue weighted by atomic mass is 10.0. The first-order chi connectivity index (χ1) is 3.34. The molecule has 0 aromatic heterocycles. The molecule has 0 aromatic carbocycles. The van der Waals surface area contributed by atoms with Crippen LogP contribution >= 0.6 is 0 Å². The fourth-order valence-electron chi connectivity index (χ4n) is 0.354. The average Bonchev–Trinajstić information content (AvgIpc) is 1.65. The molecule has 1 aliphatic carbocycles. The van der Waals surface area contributed by atoms with Crippen molar-refractivity contribution in [2.75, 3.05) is 0 Å². The summed E-state index contributed by atoms with van der Waals surface area (Å²) in [5.41, 5.74) is 0.389. The summed E-state index contributed by atoms with van der Waals surface area (Å²) in [5, 5.41) is 8.12. The SMILES string of the molecule is O=C1C=C/C1=C/O. The van der Waals surface area contributed by atoms with Gasteiger partial charge in [0.15, 0.2) is 5.78 Å². The molecule has 0 radical (unpaired) electrons. The fourth-order valence-corrected chi connectivity index (χ4v) is 0.354. The van der Waals surface area contributed by atoms with Gasteiger partial charge < -0.3 is 5.11 Å². The Balaban J connectivity index is 2.85. The molecule has 2 nitrogen and oxygen atoms in total. The molecule has 0 unspecified atom stereocenters. The van der Waals surface area contributed by atoms with E-state index in [0.717, 1.165) is 6.26 Å². The number of allylic oxidation sites excluding steroid dienone is 3. The van der Waals surface area contributed by atoms with Gasteiger partial charge in [0, 0.05) is 0 Å². The molecule has 0 bridgehead atoms. The van der Waals surface area contributed by atoms with Gasteiger partial charge in [-0.2, -0.15) is 0 Å². The highest BCUT2D eigenvalue weighted by Gasteiger charge is 2.09. The van der Waals surface area contributed by atoms with Gasteiger partial charge in [-0.3, -0.25) is 4.79 Å². The maximum absolute atomic E-state index is 10.1. The van der Waals surface area contributed by atoms with Crippen LogP contribution in [-0.4, -0.2) is 10.9 Å². The summed E-state index contributed by atoms with van der Waals surface area (Å²) in [6.45, 7) is 0. The summed E-state index contributed by atoms with van der Waals surface area (Å²) >= 11 is 0. The van der Waals surface area contributed by atoms with Crippen molar-refractivity contribution in [1.82, 2.24) is 0 Å². The average molecular weight is 96.1 g/mol. The standard InChI is InChI=1S/C5H4O2/c6-3-4-1-2-5(4)7/h1-3,6H/b4-3-. The third-order valence-electron chi connectivity index (χ3n) is 0.838. The molecule has 0 aromatic rings. The molecule has 0 fully saturated rings. The molecule has 0 saturated heterocycles. The molecule has 7 heavy (non-hydrogen) atoms. The van der Waals surface area contributed by atoms with Crippen LogP contribution in [0.5, 0.6) is 0 Å². The van der Waals surface area contributed by atoms with Crippen molar-refractivity contribution in [1.29, 1.82) is 0 Å². The second kappa shape index (κ2) is 1.22. The molecular weight excluding hydrogens is 92.1 g/mol. The maximum atomic E-state index is 10.1. The zero-order valence-corrected chi connectivity index (χ0v) is 3.59. The topological polar surface area (TPSA) is 37.3 Å². The predicted molar refractivity (Wildman–Crippen MR) is 24.9 cm³/mol. The third kappa shape index (κ3) is 0.435. The van der Waals surface area contributed by atoms with E-state index < -0.39 is 0 Å². The van der Waals surface area contributed by atoms with Gasteiger partial charge in [-0.15, -0.1) is 0 Å². The first-order valence-corrected chi connectivity index (χ1v) is 1.91. The van der Waals surface area contributed by atoms with Gasteiger partial charge in [-0.1, -0.05) is 0 Å². The first kappa shape index (κ1) is 4.12. The Morgan fingerprint density at radius 1 is 1.57 bits per heavy atom. The van der Waals surface area contributed by atoms with E-state index in [1.54, 1.807) is 6.08 Å². The van der Waals surface area contributed by atoms with Gasteiger partial charge in [0.1, 0.15) is 0 Å². The number of carbonyl (C=O) groups excluding carboxylic acids is 1. The summed E-state index contributed by atoms with van der Waals surface area (Å²) in [5.74, 6) is -0.0949. The molecule has 0 atom stereocenters. The lowest BCUT2D eigenvalue weighted by Gasteiger charge is -2.00. The van der Waals surface area contributed by atoms with Crippen LogP contribution in [0.1, 0.15) is 0 Å². The van der Waals surface area contributed by atoms with E-state index in [-0.39, 0.29) is 5.78 Å². The largest absolute Gasteiger partial charge is 0.515 e. The van der Waals surface area contributed by atoms with Crippen molar-refractivity contribution in [3.8, 4) is 0 Å². The van der Waals surface area contributed by atoms with Crippen molar-refractivity contribution in [3.05, 3.63) is 24.0 Å². The number of carbonyl (C=O) groups is 1. The van der Waals surface area contributed by atoms with E-state index in [1.807, 2.05) is 0 Å². The van der Waals surface area contributed by atoms with E-state index in [1.165, 1.54) is 6.08 Å². The molecule has 0 aliphatic heterocycles. The summed E-state index contributed by atoms with van der Waals surface area (Å²) in [4.78, 5) is 10.1. The van der Waals surface area contributed by atoms with E-state index in [0.29, 0.717) is 5.57 Å². The van der Waals surface area contributed by atoms with Crippen LogP contribution < -0.4 is 0 Å². The predicted octanol–water partition coefficient (Wildman–Crippen LogP) is 0.567. The van der Waals surface area contributed by atoms with Gasteiger partial charge >= 0.3 is 0 Å². The molecule has 0 saturated carbocycles. The number of aliphatic hydroxyl groups excluding tert-OH is 1. The molecular formula is C5H4O2. The van der Waals surface area contributed by atoms with E-state index in [2.05, 4.69) is 0 Å². The van der Waals surface area contributed by atoms with Crippen LogP contribution in [-0.2, 0) is 4.79 Å². The number of hydrogen-bond acceptors (Lipinski definition) is 2. The molecule has 36 valence electrons. The van der Waals surface area contributed by atoms with Crippen LogP contribution in [0.15, 0.2) is 24.0 Å². The summed E-state index contributed by atoms with van der Waals surface area (Å²) in [6.07, 6.45) is 3.77. The highest BCUT2D eigenvalue weighted by molar-refractivity contribution is 6.12. The van der Waals surface area contributed by atoms with Gasteiger partial charge in [0.25, 0.3) is 0 Å². The van der Waals surface area contributed by atoms with Gasteiger partial charge in [-0.05, 0) is 12.2 Å². The Labute approximate surface area is 40.8 Å². The fraction of sp³-hybridized carbons (Fsp3) is 0. The van der Waals surface area contributed by atoms with Gasteiger partial charge in [-0.25, -0.2) is 0 Å². The third-order valence-corrected chi connectivity index (χ3v) is 0.838. The van der Waals surface area contributed by atoms with Gasteiger partial charge in [0.05, 0.1) is 11.8 Å². The molecule has 0 heterocycles. The van der Waals surface area contributed by atoms with Crippen LogP contribution in [0.25, 0.3) is 0 Å². The number of ketones is 1. The second-order valence-corrected chi connectivity index (χ2v) is 1.28. The minimum atomic E-state index is -0.0949. The molecule has 1 N–H and O–H groups in total. The van der Waals surface area contributed by atoms with Crippen molar-refractivity contribution in [3.63, 3.8) is 0 Å². The van der Waals surface area contributed by atoms with Crippen molar-refractivity contribution in [2.24, 2.45) is 0 Å². The lowest BCUT2D eigenvalue weighted by Crippen LogP contribution is -2.04. The van der Waals surface area contributed by atoms with Crippen molar-refractivity contribution >= 4 is 5.78 Å². The van der Waals surface area contributed by atoms with Crippen LogP contribution in [0, 0.1) is 0 Å². The molecule has 2 heteroatoms. The number of aliphatic hydroxyl groups is 1. The second-order valence-electron chi connectivity index (χ2n) is 1.28. The molecule has 1 rings (SSSR count). The zero-order chi connectivity index (χ0) is 5.28. The van der Waals surface area contributed by atoms with Crippen molar-refractivity contribution in [2.45, 2.75) is 0 Å². The molecule has 0 amide bonds. The lowest BCUT2D eigenvalue weighted by molar-refractivity contribution is -0.112. The van der Waals surface area contributed by atoms with Crippen LogP contribution in [0.2, 0.25) is 0 Å². The Kier molecular flexibility index (Phi) is 0.719. The zero-order valence-electron chi connectivity index (χ0n) is 3.59. The highest BCUT2D eigenvalue weighted by Crippen LogP contribution is 2.08. The van der Waals surface area contributed by atoms with Crippen molar-refractivity contribution < 1.29 is 9.90 Å². The molecule has 0 spiro atoms. The Morgan fingerprint density at radius 2 is 2.29 bits per heavy atom. The Bertz CT molecular complexity index is 153. The van der Waals surface area contributed by atoms with E-state index in [4.69, 9.17) is 5.11 Å². The minimum Gasteiger partial charge on any atom is -0.515 e.